The van der Waals surface area contributed by atoms with E-state index in [1.54, 1.807) is 6.92 Å². The van der Waals surface area contributed by atoms with Gasteiger partial charge in [0.25, 0.3) is 5.91 Å². The summed E-state index contributed by atoms with van der Waals surface area (Å²) in [6, 6.07) is 4.18. The fourth-order valence-corrected chi connectivity index (χ4v) is 5.26. The van der Waals surface area contributed by atoms with Gasteiger partial charge in [-0.25, -0.2) is 12.7 Å². The second-order valence-electron chi connectivity index (χ2n) is 5.44. The first-order valence-electron chi connectivity index (χ1n) is 7.14. The molecule has 2 aliphatic heterocycles. The standard InChI is InChI=1S/C14H14ClN3O4S2/c1-8-7-24(21,22)18(13(8)20)11-6-9(2-3-10(11)15)12(19)17-14-16-4-5-23-14/h2-3,6,8H,4-5,7H2,1H3,(H,16,17,19). The van der Waals surface area contributed by atoms with Gasteiger partial charge < -0.3 is 5.32 Å². The normalized spacial score (nSPS) is 22.6. The first-order chi connectivity index (χ1) is 11.3. The molecule has 1 aromatic rings. The largest absolute Gasteiger partial charge is 0.301 e. The van der Waals surface area contributed by atoms with E-state index in [9.17, 15) is 18.0 Å². The molecule has 1 N–H and O–H groups in total. The number of thioether (sulfide) groups is 1. The van der Waals surface area contributed by atoms with Gasteiger partial charge in [0.2, 0.25) is 15.9 Å². The number of aliphatic imine (C=N–C) groups is 1. The Hall–Kier alpha value is -1.58. The summed E-state index contributed by atoms with van der Waals surface area (Å²) in [5.41, 5.74) is 0.201. The van der Waals surface area contributed by atoms with E-state index in [1.807, 2.05) is 0 Å². The molecule has 1 aromatic carbocycles. The highest BCUT2D eigenvalue weighted by Crippen LogP contribution is 2.34. The Bertz CT molecular complexity index is 854. The summed E-state index contributed by atoms with van der Waals surface area (Å²) >= 11 is 7.50. The van der Waals surface area contributed by atoms with Crippen LogP contribution in [0, 0.1) is 5.92 Å². The second kappa shape index (κ2) is 6.38. The summed E-state index contributed by atoms with van der Waals surface area (Å²) in [4.78, 5) is 28.6. The Balaban J connectivity index is 1.95. The number of anilines is 1. The lowest BCUT2D eigenvalue weighted by atomic mass is 10.1. The number of halogens is 1. The third-order valence-corrected chi connectivity index (χ3v) is 6.66. The van der Waals surface area contributed by atoms with E-state index in [2.05, 4.69) is 10.3 Å². The minimum atomic E-state index is -3.79. The Morgan fingerprint density at radius 1 is 1.46 bits per heavy atom. The quantitative estimate of drug-likeness (QED) is 0.829. The van der Waals surface area contributed by atoms with Gasteiger partial charge in [-0.3, -0.25) is 14.6 Å². The number of benzene rings is 1. The molecule has 2 aliphatic rings. The zero-order valence-corrected chi connectivity index (χ0v) is 15.0. The lowest BCUT2D eigenvalue weighted by Gasteiger charge is -2.17. The van der Waals surface area contributed by atoms with Gasteiger partial charge in [-0.15, -0.1) is 0 Å². The highest BCUT2D eigenvalue weighted by molar-refractivity contribution is 8.14. The van der Waals surface area contributed by atoms with Crippen molar-refractivity contribution < 1.29 is 18.0 Å². The minimum Gasteiger partial charge on any atom is -0.301 e. The Morgan fingerprint density at radius 3 is 2.79 bits per heavy atom. The number of sulfonamides is 1. The van der Waals surface area contributed by atoms with Crippen LogP contribution in [0.25, 0.3) is 0 Å². The molecule has 0 radical (unpaired) electrons. The van der Waals surface area contributed by atoms with E-state index < -0.39 is 27.8 Å². The number of carbonyl (C=O) groups excluding carboxylic acids is 2. The zero-order chi connectivity index (χ0) is 17.5. The van der Waals surface area contributed by atoms with Gasteiger partial charge in [-0.05, 0) is 18.2 Å². The third kappa shape index (κ3) is 3.15. The summed E-state index contributed by atoms with van der Waals surface area (Å²) in [6.07, 6.45) is 0. The predicted molar refractivity (Wildman–Crippen MR) is 94.1 cm³/mol. The van der Waals surface area contributed by atoms with Crippen LogP contribution in [0.1, 0.15) is 17.3 Å². The molecule has 24 heavy (non-hydrogen) atoms. The molecule has 2 amide bonds. The number of amides is 2. The van der Waals surface area contributed by atoms with Crippen molar-refractivity contribution in [2.24, 2.45) is 10.9 Å². The van der Waals surface area contributed by atoms with Crippen molar-refractivity contribution in [3.8, 4) is 0 Å². The number of carbonyl (C=O) groups is 2. The van der Waals surface area contributed by atoms with Crippen molar-refractivity contribution in [2.75, 3.05) is 22.4 Å². The predicted octanol–water partition coefficient (Wildman–Crippen LogP) is 1.49. The van der Waals surface area contributed by atoms with Gasteiger partial charge in [0, 0.05) is 11.3 Å². The number of rotatable bonds is 2. The van der Waals surface area contributed by atoms with Crippen LogP contribution >= 0.6 is 23.4 Å². The summed E-state index contributed by atoms with van der Waals surface area (Å²) in [6.45, 7) is 2.18. The molecule has 1 saturated heterocycles. The van der Waals surface area contributed by atoms with Crippen LogP contribution in [0.15, 0.2) is 23.2 Å². The van der Waals surface area contributed by atoms with Gasteiger partial charge in [0.15, 0.2) is 5.17 Å². The smallest absolute Gasteiger partial charge is 0.257 e. The van der Waals surface area contributed by atoms with Crippen LogP contribution < -0.4 is 9.62 Å². The molecular formula is C14H14ClN3O4S2. The molecule has 7 nitrogen and oxygen atoms in total. The summed E-state index contributed by atoms with van der Waals surface area (Å²) in [7, 11) is -3.79. The van der Waals surface area contributed by atoms with E-state index in [-0.39, 0.29) is 22.0 Å². The highest BCUT2D eigenvalue weighted by Gasteiger charge is 2.43. The molecule has 1 unspecified atom stereocenters. The number of amidine groups is 1. The monoisotopic (exact) mass is 387 g/mol. The van der Waals surface area contributed by atoms with E-state index in [0.29, 0.717) is 16.0 Å². The van der Waals surface area contributed by atoms with Crippen LogP contribution in [0.3, 0.4) is 0 Å². The van der Waals surface area contributed by atoms with E-state index in [0.717, 1.165) is 5.75 Å². The molecule has 0 aromatic heterocycles. The van der Waals surface area contributed by atoms with Crippen molar-refractivity contribution in [1.29, 1.82) is 0 Å². The van der Waals surface area contributed by atoms with Crippen molar-refractivity contribution in [2.45, 2.75) is 6.92 Å². The third-order valence-electron chi connectivity index (χ3n) is 3.59. The van der Waals surface area contributed by atoms with Gasteiger partial charge in [-0.1, -0.05) is 30.3 Å². The Kier molecular flexibility index (Phi) is 4.58. The van der Waals surface area contributed by atoms with E-state index >= 15 is 0 Å². The van der Waals surface area contributed by atoms with Crippen molar-refractivity contribution in [3.05, 3.63) is 28.8 Å². The summed E-state index contributed by atoms with van der Waals surface area (Å²) in [5, 5.41) is 3.26. The Morgan fingerprint density at radius 2 is 2.21 bits per heavy atom. The van der Waals surface area contributed by atoms with Crippen LogP contribution in [0.2, 0.25) is 5.02 Å². The average Bonchev–Trinajstić information content (AvgIpc) is 3.07. The van der Waals surface area contributed by atoms with Crippen LogP contribution in [0.5, 0.6) is 0 Å². The fourth-order valence-electron chi connectivity index (χ4n) is 2.46. The maximum absolute atomic E-state index is 12.3. The van der Waals surface area contributed by atoms with Gasteiger partial charge >= 0.3 is 0 Å². The summed E-state index contributed by atoms with van der Waals surface area (Å²) < 4.78 is 25.1. The maximum atomic E-state index is 12.3. The number of hydrogen-bond donors (Lipinski definition) is 1. The molecule has 1 atom stereocenters. The van der Waals surface area contributed by atoms with Crippen molar-refractivity contribution in [1.82, 2.24) is 5.32 Å². The van der Waals surface area contributed by atoms with Crippen molar-refractivity contribution >= 4 is 56.1 Å². The summed E-state index contributed by atoms with van der Waals surface area (Å²) in [5.74, 6) is -1.09. The molecule has 128 valence electrons. The molecule has 0 saturated carbocycles. The SMILES string of the molecule is CC1CS(=O)(=O)N(c2cc(C(=O)NC3=NCCS3)ccc2Cl)C1=O. The van der Waals surface area contributed by atoms with Gasteiger partial charge in [-0.2, -0.15) is 0 Å². The number of hydrogen-bond acceptors (Lipinski definition) is 6. The average molecular weight is 388 g/mol. The molecule has 0 aliphatic carbocycles. The number of nitrogens with zero attached hydrogens (tertiary/aromatic N) is 2. The molecule has 3 rings (SSSR count). The lowest BCUT2D eigenvalue weighted by molar-refractivity contribution is -0.119. The molecular weight excluding hydrogens is 374 g/mol. The molecule has 0 bridgehead atoms. The lowest BCUT2D eigenvalue weighted by Crippen LogP contribution is -2.31. The fraction of sp³-hybridized carbons (Fsp3) is 0.357. The van der Waals surface area contributed by atoms with Crippen molar-refractivity contribution in [3.63, 3.8) is 0 Å². The van der Waals surface area contributed by atoms with Gasteiger partial charge in [0.05, 0.1) is 28.9 Å². The van der Waals surface area contributed by atoms with Crippen LogP contribution in [-0.2, 0) is 14.8 Å². The molecule has 10 heteroatoms. The first kappa shape index (κ1) is 17.2. The van der Waals surface area contributed by atoms with Crippen LogP contribution in [0.4, 0.5) is 5.69 Å². The zero-order valence-electron chi connectivity index (χ0n) is 12.7. The Labute approximate surface area is 148 Å². The minimum absolute atomic E-state index is 0.000296. The first-order valence-corrected chi connectivity index (χ1v) is 10.1. The molecule has 0 spiro atoms. The molecule has 1 fully saturated rings. The molecule has 2 heterocycles. The van der Waals surface area contributed by atoms with E-state index in [4.69, 9.17) is 11.6 Å². The topological polar surface area (TPSA) is 95.9 Å². The van der Waals surface area contributed by atoms with Crippen LogP contribution in [-0.4, -0.2) is 43.5 Å². The second-order valence-corrected chi connectivity index (χ2v) is 8.79. The number of nitrogens with one attached hydrogen (secondary N) is 1. The van der Waals surface area contributed by atoms with Gasteiger partial charge in [0.1, 0.15) is 0 Å². The van der Waals surface area contributed by atoms with E-state index in [1.165, 1.54) is 30.0 Å². The maximum Gasteiger partial charge on any atom is 0.257 e. The highest BCUT2D eigenvalue weighted by atomic mass is 35.5.